The van der Waals surface area contributed by atoms with Gasteiger partial charge in [-0.25, -0.2) is 0 Å². The van der Waals surface area contributed by atoms with Crippen LogP contribution in [0.4, 0.5) is 0 Å². The third-order valence-electron chi connectivity index (χ3n) is 13.4. The number of rotatable bonds is 56. The number of esters is 3. The van der Waals surface area contributed by atoms with Gasteiger partial charge in [0.25, 0.3) is 0 Å². The van der Waals surface area contributed by atoms with Crippen LogP contribution in [0.3, 0.4) is 0 Å². The second kappa shape index (κ2) is 61.1. The van der Waals surface area contributed by atoms with Gasteiger partial charge in [-0.3, -0.25) is 14.4 Å². The smallest absolute Gasteiger partial charge is 0.306 e. The fraction of sp³-hybridized carbons (Fsp3) is 0.746. The second-order valence-electron chi connectivity index (χ2n) is 20.6. The van der Waals surface area contributed by atoms with Gasteiger partial charge in [0.15, 0.2) is 6.10 Å². The van der Waals surface area contributed by atoms with Crippen molar-refractivity contribution >= 4 is 17.9 Å². The van der Waals surface area contributed by atoms with Crippen LogP contribution in [0, 0.1) is 0 Å². The first-order chi connectivity index (χ1) is 36.0. The van der Waals surface area contributed by atoms with Crippen LogP contribution in [0.5, 0.6) is 0 Å². The molecule has 0 aliphatic heterocycles. The molecule has 1 unspecified atom stereocenters. The number of ether oxygens (including phenoxy) is 3. The molecule has 0 heterocycles. The number of carbonyl (C=O) groups is 3. The standard InChI is InChI=1S/C67H116O6/c1-4-7-10-13-16-19-22-25-28-31-33-36-39-42-45-48-51-54-57-60-66(69)72-63-64(62-71-65(68)59-56-53-50-47-44-41-38-35-30-27-24-21-18-15-12-9-6-3)73-67(70)61-58-55-52-49-46-43-40-37-34-32-29-26-23-20-17-14-11-8-5-2/h7,10,16,19,25-26,28-29,33,36,42,45,51,54,64H,4-6,8-9,11-15,17-18,20-24,27,30-32,34-35,37-41,43-44,46-50,52-53,55-63H2,1-3H3/b10-7-,19-16-,28-25-,29-26-,36-33-,45-42-,54-51-. The molecule has 0 aliphatic rings. The van der Waals surface area contributed by atoms with Crippen LogP contribution in [-0.2, 0) is 28.6 Å². The van der Waals surface area contributed by atoms with E-state index in [0.717, 1.165) is 77.0 Å². The molecular formula is C67H116O6. The minimum Gasteiger partial charge on any atom is -0.462 e. The van der Waals surface area contributed by atoms with E-state index in [2.05, 4.69) is 99.8 Å². The quantitative estimate of drug-likeness (QED) is 0.0261. The van der Waals surface area contributed by atoms with Crippen molar-refractivity contribution in [2.75, 3.05) is 13.2 Å². The van der Waals surface area contributed by atoms with Gasteiger partial charge in [0.05, 0.1) is 0 Å². The fourth-order valence-electron chi connectivity index (χ4n) is 8.76. The van der Waals surface area contributed by atoms with Gasteiger partial charge in [-0.15, -0.1) is 0 Å². The third kappa shape index (κ3) is 59.3. The van der Waals surface area contributed by atoms with Crippen LogP contribution < -0.4 is 0 Å². The first-order valence-corrected chi connectivity index (χ1v) is 31.1. The van der Waals surface area contributed by atoms with Crippen LogP contribution in [-0.4, -0.2) is 37.2 Å². The average Bonchev–Trinajstić information content (AvgIpc) is 3.39. The van der Waals surface area contributed by atoms with Gasteiger partial charge < -0.3 is 14.2 Å². The Kier molecular flexibility index (Phi) is 58.3. The number of hydrogen-bond acceptors (Lipinski definition) is 6. The molecule has 0 aromatic heterocycles. The molecule has 0 N–H and O–H groups in total. The lowest BCUT2D eigenvalue weighted by Crippen LogP contribution is -2.30. The molecule has 0 saturated heterocycles. The minimum absolute atomic E-state index is 0.0978. The van der Waals surface area contributed by atoms with Gasteiger partial charge in [-0.2, -0.15) is 0 Å². The molecule has 0 aliphatic carbocycles. The Labute approximate surface area is 452 Å². The second-order valence-corrected chi connectivity index (χ2v) is 20.6. The summed E-state index contributed by atoms with van der Waals surface area (Å²) in [6.07, 6.45) is 80.2. The van der Waals surface area contributed by atoms with Crippen molar-refractivity contribution in [1.82, 2.24) is 0 Å². The Balaban J connectivity index is 4.47. The molecule has 1 atom stereocenters. The Bertz CT molecular complexity index is 1400. The monoisotopic (exact) mass is 1020 g/mol. The highest BCUT2D eigenvalue weighted by Crippen LogP contribution is 2.16. The van der Waals surface area contributed by atoms with E-state index < -0.39 is 6.10 Å². The Morgan fingerprint density at radius 3 is 0.918 bits per heavy atom. The number of hydrogen-bond donors (Lipinski definition) is 0. The summed E-state index contributed by atoms with van der Waals surface area (Å²) in [5.74, 6) is -0.975. The van der Waals surface area contributed by atoms with Gasteiger partial charge in [0.2, 0.25) is 0 Å². The third-order valence-corrected chi connectivity index (χ3v) is 13.4. The van der Waals surface area contributed by atoms with Crippen molar-refractivity contribution in [2.45, 2.75) is 309 Å². The van der Waals surface area contributed by atoms with Crippen molar-refractivity contribution in [3.63, 3.8) is 0 Å². The highest BCUT2D eigenvalue weighted by molar-refractivity contribution is 5.71. The molecule has 0 fully saturated rings. The van der Waals surface area contributed by atoms with Crippen LogP contribution >= 0.6 is 0 Å². The zero-order chi connectivity index (χ0) is 52.9. The maximum absolute atomic E-state index is 12.9. The lowest BCUT2D eigenvalue weighted by atomic mass is 10.0. The summed E-state index contributed by atoms with van der Waals surface area (Å²) in [7, 11) is 0. The zero-order valence-electron chi connectivity index (χ0n) is 48.1. The molecular weight excluding hydrogens is 901 g/mol. The molecule has 6 nitrogen and oxygen atoms in total. The molecule has 0 bridgehead atoms. The molecule has 0 aromatic rings. The van der Waals surface area contributed by atoms with E-state index in [1.165, 1.54) is 180 Å². The lowest BCUT2D eigenvalue weighted by Gasteiger charge is -2.18. The molecule has 0 rings (SSSR count). The van der Waals surface area contributed by atoms with E-state index >= 15 is 0 Å². The van der Waals surface area contributed by atoms with E-state index in [0.29, 0.717) is 19.3 Å². The Morgan fingerprint density at radius 2 is 0.562 bits per heavy atom. The topological polar surface area (TPSA) is 78.9 Å². The summed E-state index contributed by atoms with van der Waals surface area (Å²) < 4.78 is 16.9. The van der Waals surface area contributed by atoms with Gasteiger partial charge in [0.1, 0.15) is 13.2 Å². The van der Waals surface area contributed by atoms with E-state index in [1.54, 1.807) is 0 Å². The van der Waals surface area contributed by atoms with E-state index in [9.17, 15) is 14.4 Å². The summed E-state index contributed by atoms with van der Waals surface area (Å²) in [5.41, 5.74) is 0. The molecule has 0 radical (unpaired) electrons. The van der Waals surface area contributed by atoms with Gasteiger partial charge >= 0.3 is 17.9 Å². The number of allylic oxidation sites excluding steroid dienone is 14. The van der Waals surface area contributed by atoms with Crippen molar-refractivity contribution in [2.24, 2.45) is 0 Å². The Morgan fingerprint density at radius 1 is 0.288 bits per heavy atom. The van der Waals surface area contributed by atoms with Gasteiger partial charge in [-0.05, 0) is 83.5 Å². The Hall–Kier alpha value is -3.41. The van der Waals surface area contributed by atoms with Crippen LogP contribution in [0.15, 0.2) is 85.1 Å². The van der Waals surface area contributed by atoms with Crippen molar-refractivity contribution < 1.29 is 28.6 Å². The molecule has 0 spiro atoms. The van der Waals surface area contributed by atoms with E-state index in [1.807, 2.05) is 6.08 Å². The first-order valence-electron chi connectivity index (χ1n) is 31.1. The van der Waals surface area contributed by atoms with Crippen molar-refractivity contribution in [1.29, 1.82) is 0 Å². The highest BCUT2D eigenvalue weighted by atomic mass is 16.6. The maximum atomic E-state index is 12.9. The number of carbonyl (C=O) groups excluding carboxylic acids is 3. The summed E-state index contributed by atoms with van der Waals surface area (Å²) in [6.45, 7) is 6.49. The highest BCUT2D eigenvalue weighted by Gasteiger charge is 2.19. The number of unbranched alkanes of at least 4 members (excludes halogenated alkanes) is 31. The van der Waals surface area contributed by atoms with Crippen molar-refractivity contribution in [3.05, 3.63) is 85.1 Å². The summed E-state index contributed by atoms with van der Waals surface area (Å²) in [6, 6.07) is 0. The molecule has 0 saturated carbocycles. The summed E-state index contributed by atoms with van der Waals surface area (Å²) >= 11 is 0. The van der Waals surface area contributed by atoms with Crippen LogP contribution in [0.25, 0.3) is 0 Å². The molecule has 6 heteroatoms. The average molecular weight is 1020 g/mol. The summed E-state index contributed by atoms with van der Waals surface area (Å²) in [4.78, 5) is 38.3. The van der Waals surface area contributed by atoms with Crippen molar-refractivity contribution in [3.8, 4) is 0 Å². The van der Waals surface area contributed by atoms with Gasteiger partial charge in [-0.1, -0.05) is 286 Å². The van der Waals surface area contributed by atoms with Gasteiger partial charge in [0, 0.05) is 19.3 Å². The van der Waals surface area contributed by atoms with E-state index in [-0.39, 0.29) is 37.5 Å². The zero-order valence-corrected chi connectivity index (χ0v) is 48.1. The summed E-state index contributed by atoms with van der Waals surface area (Å²) in [5, 5.41) is 0. The predicted octanol–water partition coefficient (Wildman–Crippen LogP) is 21.1. The van der Waals surface area contributed by atoms with E-state index in [4.69, 9.17) is 14.2 Å². The molecule has 73 heavy (non-hydrogen) atoms. The minimum atomic E-state index is -0.808. The molecule has 420 valence electrons. The first kappa shape index (κ1) is 69.6. The van der Waals surface area contributed by atoms with Crippen LogP contribution in [0.2, 0.25) is 0 Å². The normalized spacial score (nSPS) is 12.6. The maximum Gasteiger partial charge on any atom is 0.306 e. The fourth-order valence-corrected chi connectivity index (χ4v) is 8.76. The largest absolute Gasteiger partial charge is 0.462 e. The van der Waals surface area contributed by atoms with Crippen LogP contribution in [0.1, 0.15) is 303 Å². The lowest BCUT2D eigenvalue weighted by molar-refractivity contribution is -0.166. The molecule has 0 aromatic carbocycles. The predicted molar refractivity (Wildman–Crippen MR) is 316 cm³/mol. The SMILES string of the molecule is CC/C=C\C/C=C\C/C=C\C/C=C\C/C=C\C/C=C\CCC(=O)OCC(COC(=O)CCCCCCCCCCCCCCCCCCC)OC(=O)CCCCCCCCCCC/C=C\CCCCCCCC. The molecule has 0 amide bonds.